The first-order valence-electron chi connectivity index (χ1n) is 7.87. The maximum absolute atomic E-state index is 12.8. The number of quaternary nitrogens is 1. The summed E-state index contributed by atoms with van der Waals surface area (Å²) in [7, 11) is 1.67. The van der Waals surface area contributed by atoms with E-state index in [9.17, 15) is 22.8 Å². The van der Waals surface area contributed by atoms with Gasteiger partial charge in [0.2, 0.25) is 0 Å². The molecule has 0 saturated heterocycles. The van der Waals surface area contributed by atoms with E-state index in [2.05, 4.69) is 10.6 Å². The zero-order valence-corrected chi connectivity index (χ0v) is 14.6. The van der Waals surface area contributed by atoms with Crippen LogP contribution in [0, 0.1) is 0 Å². The highest BCUT2D eigenvalue weighted by atomic mass is 35.5. The molecule has 1 aliphatic rings. The van der Waals surface area contributed by atoms with E-state index < -0.39 is 23.7 Å². The van der Waals surface area contributed by atoms with Crippen LogP contribution in [0.2, 0.25) is 5.02 Å². The van der Waals surface area contributed by atoms with E-state index in [1.807, 2.05) is 0 Å². The number of nitrogens with one attached hydrogen (secondary N) is 3. The van der Waals surface area contributed by atoms with Gasteiger partial charge >= 0.3 is 6.18 Å². The van der Waals surface area contributed by atoms with Crippen molar-refractivity contribution in [1.82, 2.24) is 5.32 Å². The molecule has 0 aliphatic heterocycles. The molecular weight excluding hydrogens is 359 g/mol. The van der Waals surface area contributed by atoms with Crippen LogP contribution in [0.15, 0.2) is 18.2 Å². The second-order valence-corrected chi connectivity index (χ2v) is 6.68. The Hall–Kier alpha value is -1.80. The van der Waals surface area contributed by atoms with Gasteiger partial charge in [-0.3, -0.25) is 9.59 Å². The average Bonchev–Trinajstić information content (AvgIpc) is 3.31. The van der Waals surface area contributed by atoms with Crippen molar-refractivity contribution >= 4 is 29.1 Å². The summed E-state index contributed by atoms with van der Waals surface area (Å²) in [6, 6.07) is 2.32. The van der Waals surface area contributed by atoms with Gasteiger partial charge in [0.05, 0.1) is 23.3 Å². The molecule has 0 radical (unpaired) electrons. The first-order chi connectivity index (χ1) is 11.6. The molecule has 9 heteroatoms. The maximum Gasteiger partial charge on any atom is 0.416 e. The molecule has 3 N–H and O–H groups in total. The second kappa shape index (κ2) is 7.61. The SMILES string of the molecule is C[C@H](C(=O)Nc1cc(C(F)(F)F)ccc1Cl)[NH+](C)CC(=O)NC1CC1. The number of hydrogen-bond donors (Lipinski definition) is 3. The van der Waals surface area contributed by atoms with E-state index in [0.29, 0.717) is 4.90 Å². The molecule has 2 rings (SSSR count). The molecule has 1 aromatic rings. The smallest absolute Gasteiger partial charge is 0.348 e. The number of anilines is 1. The van der Waals surface area contributed by atoms with Crippen molar-refractivity contribution in [2.45, 2.75) is 38.0 Å². The Kier molecular flexibility index (Phi) is 5.95. The van der Waals surface area contributed by atoms with Crippen molar-refractivity contribution in [3.05, 3.63) is 28.8 Å². The molecule has 0 heterocycles. The highest BCUT2D eigenvalue weighted by Gasteiger charge is 2.32. The van der Waals surface area contributed by atoms with Crippen LogP contribution in [-0.4, -0.2) is 37.5 Å². The molecule has 1 unspecified atom stereocenters. The number of benzene rings is 1. The Morgan fingerprint density at radius 3 is 2.56 bits per heavy atom. The first kappa shape index (κ1) is 19.5. The summed E-state index contributed by atoms with van der Waals surface area (Å²) in [6.07, 6.45) is -2.59. The summed E-state index contributed by atoms with van der Waals surface area (Å²) in [5.74, 6) is -0.672. The summed E-state index contributed by atoms with van der Waals surface area (Å²) in [5, 5.41) is 5.24. The van der Waals surface area contributed by atoms with Crippen LogP contribution in [0.4, 0.5) is 18.9 Å². The molecular formula is C16H20ClF3N3O2+. The molecule has 2 atom stereocenters. The Labute approximate surface area is 148 Å². The standard InChI is InChI=1S/C16H19ClF3N3O2/c1-9(23(2)8-14(24)21-11-4-5-11)15(25)22-13-7-10(16(18,19)20)3-6-12(13)17/h3,6-7,9,11H,4-5,8H2,1-2H3,(H,21,24)(H,22,25)/p+1/t9-/m1/s1. The van der Waals surface area contributed by atoms with E-state index in [1.165, 1.54) is 0 Å². The van der Waals surface area contributed by atoms with Crippen LogP contribution in [0.25, 0.3) is 0 Å². The third-order valence-electron chi connectivity index (χ3n) is 4.07. The molecule has 138 valence electrons. The third kappa shape index (κ3) is 5.61. The number of halogens is 4. The van der Waals surface area contributed by atoms with Gasteiger partial charge in [0.15, 0.2) is 12.6 Å². The third-order valence-corrected chi connectivity index (χ3v) is 4.40. The molecule has 1 aliphatic carbocycles. The molecule has 0 aromatic heterocycles. The lowest BCUT2D eigenvalue weighted by Gasteiger charge is -2.21. The van der Waals surface area contributed by atoms with Gasteiger partial charge in [0, 0.05) is 6.04 Å². The van der Waals surface area contributed by atoms with E-state index in [-0.39, 0.29) is 29.2 Å². The molecule has 25 heavy (non-hydrogen) atoms. The van der Waals surface area contributed by atoms with Crippen LogP contribution in [0.1, 0.15) is 25.3 Å². The zero-order chi connectivity index (χ0) is 18.8. The lowest BCUT2D eigenvalue weighted by atomic mass is 10.2. The van der Waals surface area contributed by atoms with Crippen LogP contribution in [0.3, 0.4) is 0 Å². The monoisotopic (exact) mass is 378 g/mol. The number of carbonyl (C=O) groups is 2. The van der Waals surface area contributed by atoms with Gasteiger partial charge in [-0.05, 0) is 38.0 Å². The zero-order valence-electron chi connectivity index (χ0n) is 13.8. The summed E-state index contributed by atoms with van der Waals surface area (Å²) in [6.45, 7) is 1.69. The number of rotatable bonds is 6. The van der Waals surface area contributed by atoms with Gasteiger partial charge in [-0.15, -0.1) is 0 Å². The van der Waals surface area contributed by atoms with Crippen molar-refractivity contribution in [3.63, 3.8) is 0 Å². The Morgan fingerprint density at radius 1 is 1.36 bits per heavy atom. The van der Waals surface area contributed by atoms with Crippen molar-refractivity contribution in [3.8, 4) is 0 Å². The average molecular weight is 379 g/mol. The maximum atomic E-state index is 12.8. The van der Waals surface area contributed by atoms with E-state index >= 15 is 0 Å². The second-order valence-electron chi connectivity index (χ2n) is 6.27. The van der Waals surface area contributed by atoms with Crippen molar-refractivity contribution in [1.29, 1.82) is 0 Å². The molecule has 1 fully saturated rings. The minimum Gasteiger partial charge on any atom is -0.348 e. The lowest BCUT2D eigenvalue weighted by Crippen LogP contribution is -3.15. The predicted octanol–water partition coefficient (Wildman–Crippen LogP) is 1.48. The van der Waals surface area contributed by atoms with Gasteiger partial charge in [-0.2, -0.15) is 13.2 Å². The fourth-order valence-electron chi connectivity index (χ4n) is 2.17. The minimum atomic E-state index is -4.53. The van der Waals surface area contributed by atoms with Crippen LogP contribution in [-0.2, 0) is 15.8 Å². The normalized spacial score (nSPS) is 16.9. The molecule has 5 nitrogen and oxygen atoms in total. The molecule has 0 spiro atoms. The van der Waals surface area contributed by atoms with Crippen molar-refractivity contribution < 1.29 is 27.7 Å². The van der Waals surface area contributed by atoms with Gasteiger partial charge in [-0.25, -0.2) is 0 Å². The highest BCUT2D eigenvalue weighted by Crippen LogP contribution is 2.33. The number of alkyl halides is 3. The Morgan fingerprint density at radius 2 is 2.00 bits per heavy atom. The fourth-order valence-corrected chi connectivity index (χ4v) is 2.34. The number of hydrogen-bond acceptors (Lipinski definition) is 2. The van der Waals surface area contributed by atoms with Gasteiger partial charge in [0.1, 0.15) is 0 Å². The quantitative estimate of drug-likeness (QED) is 0.702. The fraction of sp³-hybridized carbons (Fsp3) is 0.500. The molecule has 1 aromatic carbocycles. The molecule has 2 amide bonds. The van der Waals surface area contributed by atoms with Gasteiger partial charge in [0.25, 0.3) is 11.8 Å². The summed E-state index contributed by atoms with van der Waals surface area (Å²) in [5.41, 5.74) is -1.01. The molecule has 1 saturated carbocycles. The van der Waals surface area contributed by atoms with E-state index in [4.69, 9.17) is 11.6 Å². The molecule has 0 bridgehead atoms. The summed E-state index contributed by atoms with van der Waals surface area (Å²) in [4.78, 5) is 24.7. The lowest BCUT2D eigenvalue weighted by molar-refractivity contribution is -0.885. The van der Waals surface area contributed by atoms with Crippen molar-refractivity contribution in [2.24, 2.45) is 0 Å². The topological polar surface area (TPSA) is 62.6 Å². The van der Waals surface area contributed by atoms with Crippen LogP contribution in [0.5, 0.6) is 0 Å². The highest BCUT2D eigenvalue weighted by molar-refractivity contribution is 6.33. The van der Waals surface area contributed by atoms with E-state index in [0.717, 1.165) is 31.0 Å². The first-order valence-corrected chi connectivity index (χ1v) is 8.25. The number of amides is 2. The summed E-state index contributed by atoms with van der Waals surface area (Å²) >= 11 is 5.87. The van der Waals surface area contributed by atoms with E-state index in [1.54, 1.807) is 14.0 Å². The number of likely N-dealkylation sites (N-methyl/N-ethyl adjacent to an activating group) is 1. The summed E-state index contributed by atoms with van der Waals surface area (Å²) < 4.78 is 38.3. The minimum absolute atomic E-state index is 0.0117. The van der Waals surface area contributed by atoms with Gasteiger partial charge < -0.3 is 15.5 Å². The van der Waals surface area contributed by atoms with Crippen LogP contribution < -0.4 is 15.5 Å². The Balaban J connectivity index is 1.98. The predicted molar refractivity (Wildman–Crippen MR) is 87.5 cm³/mol. The van der Waals surface area contributed by atoms with Crippen LogP contribution >= 0.6 is 11.6 Å². The largest absolute Gasteiger partial charge is 0.416 e. The number of carbonyl (C=O) groups excluding carboxylic acids is 2. The Bertz CT molecular complexity index is 663. The van der Waals surface area contributed by atoms with Crippen molar-refractivity contribution in [2.75, 3.05) is 18.9 Å². The van der Waals surface area contributed by atoms with Gasteiger partial charge in [-0.1, -0.05) is 11.6 Å².